The molecule has 0 aliphatic rings. The van der Waals surface area contributed by atoms with Gasteiger partial charge in [0.25, 0.3) is 0 Å². The fraction of sp³-hybridized carbons (Fsp3) is 0.143. The summed E-state index contributed by atoms with van der Waals surface area (Å²) in [6.45, 7) is 0.400. The molecule has 3 nitrogen and oxygen atoms in total. The second-order valence-electron chi connectivity index (χ2n) is 3.67. The van der Waals surface area contributed by atoms with Crippen LogP contribution < -0.4 is 4.74 Å². The number of hydrogen-bond acceptors (Lipinski definition) is 3. The summed E-state index contributed by atoms with van der Waals surface area (Å²) in [5.74, 6) is -0.0431. The van der Waals surface area contributed by atoms with Crippen LogP contribution in [0.4, 0.5) is 4.39 Å². The molecule has 2 aromatic rings. The van der Waals surface area contributed by atoms with Crippen molar-refractivity contribution >= 4 is 0 Å². The molecule has 0 bridgehead atoms. The maximum atomic E-state index is 12.9. The Morgan fingerprint density at radius 2 is 2.17 bits per heavy atom. The Balaban J connectivity index is 1.97. The number of benzene rings is 1. The number of hydrogen-bond donors (Lipinski definition) is 0. The molecule has 0 unspecified atom stereocenters. The van der Waals surface area contributed by atoms with Crippen molar-refractivity contribution in [3.63, 3.8) is 0 Å². The molecule has 0 aliphatic carbocycles. The molecule has 2 rings (SSSR count). The van der Waals surface area contributed by atoms with E-state index in [1.54, 1.807) is 6.20 Å². The lowest BCUT2D eigenvalue weighted by atomic mass is 10.2. The van der Waals surface area contributed by atoms with Gasteiger partial charge in [-0.2, -0.15) is 5.26 Å². The first-order valence-corrected chi connectivity index (χ1v) is 5.52. The van der Waals surface area contributed by atoms with Gasteiger partial charge in [0.05, 0.1) is 12.2 Å². The van der Waals surface area contributed by atoms with Crippen molar-refractivity contribution in [1.29, 1.82) is 5.26 Å². The van der Waals surface area contributed by atoms with Gasteiger partial charge < -0.3 is 4.74 Å². The van der Waals surface area contributed by atoms with Crippen molar-refractivity contribution in [1.82, 2.24) is 4.98 Å². The van der Waals surface area contributed by atoms with Crippen LogP contribution in [-0.2, 0) is 6.42 Å². The van der Waals surface area contributed by atoms with E-state index in [1.165, 1.54) is 12.1 Å². The monoisotopic (exact) mass is 242 g/mol. The minimum atomic E-state index is -0.441. The molecule has 0 aliphatic heterocycles. The Morgan fingerprint density at radius 1 is 1.28 bits per heavy atom. The second kappa shape index (κ2) is 5.78. The molecular weight excluding hydrogens is 231 g/mol. The van der Waals surface area contributed by atoms with Gasteiger partial charge in [0, 0.05) is 18.3 Å². The van der Waals surface area contributed by atoms with E-state index < -0.39 is 5.82 Å². The predicted octanol–water partition coefficient (Wildman–Crippen LogP) is 2.71. The summed E-state index contributed by atoms with van der Waals surface area (Å²) in [5, 5.41) is 8.85. The molecule has 1 heterocycles. The van der Waals surface area contributed by atoms with Gasteiger partial charge in [-0.3, -0.25) is 4.98 Å². The van der Waals surface area contributed by atoms with Gasteiger partial charge in [0.15, 0.2) is 0 Å². The SMILES string of the molecule is N#Cc1cc(F)ccc1OCCc1ccccn1. The minimum Gasteiger partial charge on any atom is -0.492 e. The summed E-state index contributed by atoms with van der Waals surface area (Å²) < 4.78 is 18.4. The van der Waals surface area contributed by atoms with Crippen molar-refractivity contribution < 1.29 is 9.13 Å². The fourth-order valence-electron chi connectivity index (χ4n) is 1.53. The van der Waals surface area contributed by atoms with Crippen molar-refractivity contribution in [3.05, 3.63) is 59.7 Å². The summed E-state index contributed by atoms with van der Waals surface area (Å²) in [6.07, 6.45) is 2.36. The summed E-state index contributed by atoms with van der Waals surface area (Å²) in [5.41, 5.74) is 1.12. The molecular formula is C14H11FN2O. The van der Waals surface area contributed by atoms with E-state index in [0.717, 1.165) is 11.8 Å². The fourth-order valence-corrected chi connectivity index (χ4v) is 1.53. The number of rotatable bonds is 4. The molecule has 90 valence electrons. The largest absolute Gasteiger partial charge is 0.492 e. The molecule has 1 aromatic heterocycles. The number of ether oxygens (including phenoxy) is 1. The quantitative estimate of drug-likeness (QED) is 0.828. The summed E-state index contributed by atoms with van der Waals surface area (Å²) in [7, 11) is 0. The van der Waals surface area contributed by atoms with Gasteiger partial charge in [-0.1, -0.05) is 6.07 Å². The Kier molecular flexibility index (Phi) is 3.87. The number of nitriles is 1. The molecule has 0 N–H and O–H groups in total. The van der Waals surface area contributed by atoms with Crippen molar-refractivity contribution in [2.75, 3.05) is 6.61 Å². The maximum Gasteiger partial charge on any atom is 0.137 e. The molecule has 0 amide bonds. The van der Waals surface area contributed by atoms with Crippen LogP contribution in [0.1, 0.15) is 11.3 Å². The van der Waals surface area contributed by atoms with E-state index in [-0.39, 0.29) is 5.56 Å². The molecule has 1 aromatic carbocycles. The first-order chi connectivity index (χ1) is 8.79. The van der Waals surface area contributed by atoms with E-state index in [2.05, 4.69) is 4.98 Å². The van der Waals surface area contributed by atoms with Crippen LogP contribution in [0.2, 0.25) is 0 Å². The first kappa shape index (κ1) is 12.1. The summed E-state index contributed by atoms with van der Waals surface area (Å²) in [6, 6.07) is 11.5. The molecule has 0 spiro atoms. The van der Waals surface area contributed by atoms with E-state index in [1.807, 2.05) is 24.3 Å². The predicted molar refractivity (Wildman–Crippen MR) is 64.6 cm³/mol. The number of halogens is 1. The third-order valence-electron chi connectivity index (χ3n) is 2.40. The molecule has 0 radical (unpaired) electrons. The van der Waals surface area contributed by atoms with Crippen molar-refractivity contribution in [2.24, 2.45) is 0 Å². The van der Waals surface area contributed by atoms with Crippen LogP contribution in [0, 0.1) is 17.1 Å². The van der Waals surface area contributed by atoms with Gasteiger partial charge in [-0.05, 0) is 30.3 Å². The van der Waals surface area contributed by atoms with Gasteiger partial charge in [-0.15, -0.1) is 0 Å². The highest BCUT2D eigenvalue weighted by atomic mass is 19.1. The number of pyridine rings is 1. The first-order valence-electron chi connectivity index (χ1n) is 5.52. The zero-order valence-corrected chi connectivity index (χ0v) is 9.64. The molecule has 18 heavy (non-hydrogen) atoms. The zero-order chi connectivity index (χ0) is 12.8. The van der Waals surface area contributed by atoms with Gasteiger partial charge in [0.1, 0.15) is 17.6 Å². The van der Waals surface area contributed by atoms with Crippen molar-refractivity contribution in [2.45, 2.75) is 6.42 Å². The van der Waals surface area contributed by atoms with Crippen LogP contribution >= 0.6 is 0 Å². The standard InChI is InChI=1S/C14H11FN2O/c15-12-4-5-14(11(9-12)10-16)18-8-6-13-3-1-2-7-17-13/h1-5,7,9H,6,8H2. The Bertz CT molecular complexity index is 564. The van der Waals surface area contributed by atoms with Crippen LogP contribution in [0.3, 0.4) is 0 Å². The average molecular weight is 242 g/mol. The molecule has 0 atom stereocenters. The van der Waals surface area contributed by atoms with Crippen molar-refractivity contribution in [3.8, 4) is 11.8 Å². The van der Waals surface area contributed by atoms with E-state index in [9.17, 15) is 4.39 Å². The Morgan fingerprint density at radius 3 is 2.89 bits per heavy atom. The van der Waals surface area contributed by atoms with Crippen LogP contribution in [0.25, 0.3) is 0 Å². The lowest BCUT2D eigenvalue weighted by molar-refractivity contribution is 0.319. The molecule has 0 saturated carbocycles. The Hall–Kier alpha value is -2.41. The van der Waals surface area contributed by atoms with E-state index in [0.29, 0.717) is 18.8 Å². The van der Waals surface area contributed by atoms with Gasteiger partial charge in [-0.25, -0.2) is 4.39 Å². The maximum absolute atomic E-state index is 12.9. The highest BCUT2D eigenvalue weighted by Gasteiger charge is 2.04. The highest BCUT2D eigenvalue weighted by molar-refractivity contribution is 5.43. The normalized spacial score (nSPS) is 9.78. The van der Waals surface area contributed by atoms with Crippen LogP contribution in [0.15, 0.2) is 42.6 Å². The summed E-state index contributed by atoms with van der Waals surface area (Å²) in [4.78, 5) is 4.16. The minimum absolute atomic E-state index is 0.205. The van der Waals surface area contributed by atoms with Crippen LogP contribution in [0.5, 0.6) is 5.75 Å². The van der Waals surface area contributed by atoms with Gasteiger partial charge >= 0.3 is 0 Å². The third kappa shape index (κ3) is 3.05. The lowest BCUT2D eigenvalue weighted by Crippen LogP contribution is -2.03. The topological polar surface area (TPSA) is 45.9 Å². The average Bonchev–Trinajstić information content (AvgIpc) is 2.41. The van der Waals surface area contributed by atoms with Gasteiger partial charge in [0.2, 0.25) is 0 Å². The molecule has 4 heteroatoms. The smallest absolute Gasteiger partial charge is 0.137 e. The number of aromatic nitrogens is 1. The van der Waals surface area contributed by atoms with E-state index in [4.69, 9.17) is 10.00 Å². The molecule has 0 saturated heterocycles. The Labute approximate surface area is 104 Å². The van der Waals surface area contributed by atoms with E-state index >= 15 is 0 Å². The number of nitrogens with zero attached hydrogens (tertiary/aromatic N) is 2. The third-order valence-corrected chi connectivity index (χ3v) is 2.40. The zero-order valence-electron chi connectivity index (χ0n) is 9.64. The lowest BCUT2D eigenvalue weighted by Gasteiger charge is -2.07. The highest BCUT2D eigenvalue weighted by Crippen LogP contribution is 2.18. The molecule has 0 fully saturated rings. The summed E-state index contributed by atoms with van der Waals surface area (Å²) >= 11 is 0. The van der Waals surface area contributed by atoms with Crippen LogP contribution in [-0.4, -0.2) is 11.6 Å². The second-order valence-corrected chi connectivity index (χ2v) is 3.67.